The summed E-state index contributed by atoms with van der Waals surface area (Å²) in [5, 5.41) is 11.5. The van der Waals surface area contributed by atoms with Gasteiger partial charge in [0.25, 0.3) is 0 Å². The fraction of sp³-hybridized carbons (Fsp3) is 0.444. The van der Waals surface area contributed by atoms with Crippen LogP contribution >= 0.6 is 22.7 Å². The molecule has 3 rings (SSSR count). The van der Waals surface area contributed by atoms with Crippen molar-refractivity contribution in [1.29, 1.82) is 5.26 Å². The number of nitrogens with zero attached hydrogens (tertiary/aromatic N) is 2. The van der Waals surface area contributed by atoms with Crippen LogP contribution in [0.1, 0.15) is 50.1 Å². The molecule has 2 heterocycles. The van der Waals surface area contributed by atoms with Gasteiger partial charge >= 0.3 is 5.97 Å². The number of hydrogen-bond acceptors (Lipinski definition) is 7. The number of carbonyl (C=O) groups excluding carboxylic acids is 2. The fourth-order valence-corrected chi connectivity index (χ4v) is 4.83. The minimum atomic E-state index is -0.983. The SMILES string of the molecule is Cc1csc(C(C#N)C(=O)COC(=O)c2cc3c(s2)CCC(C)C3)n1. The molecule has 2 atom stereocenters. The van der Waals surface area contributed by atoms with Gasteiger partial charge in [0.2, 0.25) is 0 Å². The summed E-state index contributed by atoms with van der Waals surface area (Å²) in [5.74, 6) is -1.29. The lowest BCUT2D eigenvalue weighted by atomic mass is 9.90. The number of thiazole rings is 1. The molecular weight excluding hydrogens is 356 g/mol. The van der Waals surface area contributed by atoms with Gasteiger partial charge in [-0.15, -0.1) is 22.7 Å². The highest BCUT2D eigenvalue weighted by Gasteiger charge is 2.26. The molecule has 0 aliphatic heterocycles. The van der Waals surface area contributed by atoms with Crippen LogP contribution in [0.5, 0.6) is 0 Å². The lowest BCUT2D eigenvalue weighted by Crippen LogP contribution is -2.19. The van der Waals surface area contributed by atoms with Crippen LogP contribution < -0.4 is 0 Å². The summed E-state index contributed by atoms with van der Waals surface area (Å²) >= 11 is 2.72. The number of carbonyl (C=O) groups is 2. The quantitative estimate of drug-likeness (QED) is 0.746. The molecular formula is C18H18N2O3S2. The Hall–Kier alpha value is -2.04. The summed E-state index contributed by atoms with van der Waals surface area (Å²) in [6.45, 7) is 3.60. The van der Waals surface area contributed by atoms with E-state index >= 15 is 0 Å². The Morgan fingerprint density at radius 2 is 2.32 bits per heavy atom. The number of aromatic nitrogens is 1. The van der Waals surface area contributed by atoms with Crippen molar-refractivity contribution >= 4 is 34.4 Å². The van der Waals surface area contributed by atoms with Gasteiger partial charge in [-0.1, -0.05) is 6.92 Å². The third kappa shape index (κ3) is 3.97. The Morgan fingerprint density at radius 3 is 3.00 bits per heavy atom. The maximum absolute atomic E-state index is 12.2. The first-order chi connectivity index (χ1) is 12.0. The van der Waals surface area contributed by atoms with Crippen molar-refractivity contribution in [1.82, 2.24) is 4.98 Å². The van der Waals surface area contributed by atoms with E-state index in [1.54, 1.807) is 12.3 Å². The summed E-state index contributed by atoms with van der Waals surface area (Å²) in [6, 6.07) is 3.83. The summed E-state index contributed by atoms with van der Waals surface area (Å²) in [6.07, 6.45) is 3.11. The largest absolute Gasteiger partial charge is 0.453 e. The van der Waals surface area contributed by atoms with Gasteiger partial charge in [0.1, 0.15) is 9.88 Å². The molecule has 0 radical (unpaired) electrons. The van der Waals surface area contributed by atoms with Gasteiger partial charge in [-0.25, -0.2) is 9.78 Å². The molecule has 0 saturated heterocycles. The standard InChI is InChI=1S/C18H18N2O3S2/c1-10-3-4-15-12(5-10)6-16(25-15)18(22)23-8-14(21)13(7-19)17-20-11(2)9-24-17/h6,9-10,13H,3-5,8H2,1-2H3. The minimum absolute atomic E-state index is 0.408. The van der Waals surface area contributed by atoms with Crippen LogP contribution in [-0.2, 0) is 22.4 Å². The van der Waals surface area contributed by atoms with Crippen LogP contribution in [0.2, 0.25) is 0 Å². The number of hydrogen-bond donors (Lipinski definition) is 0. The maximum Gasteiger partial charge on any atom is 0.348 e. The van der Waals surface area contributed by atoms with E-state index in [4.69, 9.17) is 4.74 Å². The molecule has 0 N–H and O–H groups in total. The molecule has 0 bridgehead atoms. The molecule has 25 heavy (non-hydrogen) atoms. The molecule has 1 aliphatic rings. The van der Waals surface area contributed by atoms with Crippen LogP contribution in [0.15, 0.2) is 11.4 Å². The summed E-state index contributed by atoms with van der Waals surface area (Å²) in [5.41, 5.74) is 1.98. The Morgan fingerprint density at radius 1 is 1.52 bits per heavy atom. The van der Waals surface area contributed by atoms with Crippen LogP contribution in [0.4, 0.5) is 0 Å². The van der Waals surface area contributed by atoms with E-state index < -0.39 is 24.3 Å². The van der Waals surface area contributed by atoms with E-state index in [-0.39, 0.29) is 0 Å². The number of esters is 1. The van der Waals surface area contributed by atoms with E-state index in [9.17, 15) is 14.9 Å². The van der Waals surface area contributed by atoms with E-state index in [0.29, 0.717) is 15.8 Å². The third-order valence-electron chi connectivity index (χ3n) is 4.21. The van der Waals surface area contributed by atoms with Crippen molar-refractivity contribution in [3.05, 3.63) is 37.5 Å². The van der Waals surface area contributed by atoms with Gasteiger partial charge in [0.15, 0.2) is 18.3 Å². The zero-order valence-electron chi connectivity index (χ0n) is 14.1. The van der Waals surface area contributed by atoms with E-state index in [1.807, 2.05) is 12.1 Å². The average Bonchev–Trinajstić information content (AvgIpc) is 3.19. The number of aryl methyl sites for hydroxylation is 2. The number of rotatable bonds is 5. The maximum atomic E-state index is 12.2. The summed E-state index contributed by atoms with van der Waals surface area (Å²) in [7, 11) is 0. The average molecular weight is 374 g/mol. The van der Waals surface area contributed by atoms with E-state index in [1.165, 1.54) is 33.1 Å². The number of fused-ring (bicyclic) bond motifs is 1. The zero-order chi connectivity index (χ0) is 18.0. The highest BCUT2D eigenvalue weighted by Crippen LogP contribution is 2.32. The molecule has 130 valence electrons. The Kier molecular flexibility index (Phi) is 5.30. The molecule has 0 amide bonds. The van der Waals surface area contributed by atoms with Gasteiger partial charge in [0, 0.05) is 16.0 Å². The molecule has 1 aliphatic carbocycles. The second kappa shape index (κ2) is 7.46. The highest BCUT2D eigenvalue weighted by atomic mass is 32.1. The molecule has 7 heteroatoms. The first-order valence-corrected chi connectivity index (χ1v) is 9.80. The second-order valence-corrected chi connectivity index (χ2v) is 8.37. The normalized spacial score (nSPS) is 17.4. The third-order valence-corrected chi connectivity index (χ3v) is 6.46. The van der Waals surface area contributed by atoms with Crippen molar-refractivity contribution in [3.8, 4) is 6.07 Å². The number of Topliss-reactive ketones (excluding diaryl/α,β-unsaturated/α-hetero) is 1. The molecule has 0 saturated carbocycles. The number of ketones is 1. The first kappa shape index (κ1) is 17.8. The lowest BCUT2D eigenvalue weighted by Gasteiger charge is -2.16. The molecule has 0 fully saturated rings. The fourth-order valence-electron chi connectivity index (χ4n) is 2.87. The van der Waals surface area contributed by atoms with Gasteiger partial charge < -0.3 is 4.74 Å². The second-order valence-electron chi connectivity index (χ2n) is 6.34. The smallest absolute Gasteiger partial charge is 0.348 e. The van der Waals surface area contributed by atoms with Gasteiger partial charge in [0.05, 0.1) is 6.07 Å². The van der Waals surface area contributed by atoms with Gasteiger partial charge in [-0.2, -0.15) is 5.26 Å². The molecule has 5 nitrogen and oxygen atoms in total. The lowest BCUT2D eigenvalue weighted by molar-refractivity contribution is -0.122. The zero-order valence-corrected chi connectivity index (χ0v) is 15.7. The van der Waals surface area contributed by atoms with E-state index in [0.717, 1.165) is 25.0 Å². The van der Waals surface area contributed by atoms with Crippen LogP contribution in [0, 0.1) is 24.2 Å². The Balaban J connectivity index is 1.62. The van der Waals surface area contributed by atoms with Crippen molar-refractivity contribution in [2.24, 2.45) is 5.92 Å². The summed E-state index contributed by atoms with van der Waals surface area (Å²) < 4.78 is 5.15. The van der Waals surface area contributed by atoms with Crippen LogP contribution in [0.25, 0.3) is 0 Å². The van der Waals surface area contributed by atoms with Crippen LogP contribution in [0.3, 0.4) is 0 Å². The van der Waals surface area contributed by atoms with Crippen LogP contribution in [-0.4, -0.2) is 23.3 Å². The molecule has 2 unspecified atom stereocenters. The monoisotopic (exact) mass is 374 g/mol. The Bertz CT molecular complexity index is 847. The summed E-state index contributed by atoms with van der Waals surface area (Å²) in [4.78, 5) is 30.4. The highest BCUT2D eigenvalue weighted by molar-refractivity contribution is 7.14. The number of nitriles is 1. The molecule has 0 spiro atoms. The van der Waals surface area contributed by atoms with Crippen molar-refractivity contribution in [3.63, 3.8) is 0 Å². The molecule has 2 aromatic heterocycles. The molecule has 2 aromatic rings. The predicted octanol–water partition coefficient (Wildman–Crippen LogP) is 3.67. The number of thiophene rings is 1. The number of ether oxygens (including phenoxy) is 1. The van der Waals surface area contributed by atoms with Gasteiger partial charge in [-0.05, 0) is 43.7 Å². The van der Waals surface area contributed by atoms with Gasteiger partial charge in [-0.3, -0.25) is 4.79 Å². The molecule has 0 aromatic carbocycles. The topological polar surface area (TPSA) is 80.0 Å². The van der Waals surface area contributed by atoms with Crippen molar-refractivity contribution < 1.29 is 14.3 Å². The van der Waals surface area contributed by atoms with E-state index in [2.05, 4.69) is 11.9 Å². The minimum Gasteiger partial charge on any atom is -0.453 e. The first-order valence-electron chi connectivity index (χ1n) is 8.11. The Labute approximate surface area is 154 Å². The predicted molar refractivity (Wildman–Crippen MR) is 96.0 cm³/mol. The van der Waals surface area contributed by atoms with Crippen molar-refractivity contribution in [2.45, 2.75) is 39.0 Å². The van der Waals surface area contributed by atoms with Crippen molar-refractivity contribution in [2.75, 3.05) is 6.61 Å².